The van der Waals surface area contributed by atoms with E-state index in [2.05, 4.69) is 4.98 Å². The van der Waals surface area contributed by atoms with Gasteiger partial charge in [0.1, 0.15) is 11.5 Å². The molecule has 24 heavy (non-hydrogen) atoms. The molecule has 9 heteroatoms. The summed E-state index contributed by atoms with van der Waals surface area (Å²) >= 11 is 0. The number of hydrogen-bond acceptors (Lipinski definition) is 5. The van der Waals surface area contributed by atoms with E-state index in [0.717, 1.165) is 0 Å². The van der Waals surface area contributed by atoms with E-state index in [1.165, 1.54) is 22.6 Å². The first-order chi connectivity index (χ1) is 11.4. The topological polar surface area (TPSA) is 103 Å². The van der Waals surface area contributed by atoms with Gasteiger partial charge in [-0.15, -0.1) is 0 Å². The Labute approximate surface area is 140 Å². The van der Waals surface area contributed by atoms with Crippen molar-refractivity contribution < 1.29 is 22.3 Å². The number of nitrogens with zero attached hydrogens (tertiary/aromatic N) is 2. The Bertz CT molecular complexity index is 719. The molecule has 0 aliphatic carbocycles. The van der Waals surface area contributed by atoms with Gasteiger partial charge in [0.25, 0.3) is 0 Å². The SMILES string of the molecule is CC/C(=C\F)COc1ccc(S(=O)(=O)N2CC[C@H](C(N)=O)C2)cn1. The van der Waals surface area contributed by atoms with Crippen LogP contribution >= 0.6 is 0 Å². The van der Waals surface area contributed by atoms with Crippen LogP contribution in [0.2, 0.25) is 0 Å². The summed E-state index contributed by atoms with van der Waals surface area (Å²) in [5, 5.41) is 0. The Morgan fingerprint density at radius 1 is 1.54 bits per heavy atom. The third kappa shape index (κ3) is 4.09. The summed E-state index contributed by atoms with van der Waals surface area (Å²) in [5.74, 6) is -0.754. The van der Waals surface area contributed by atoms with Crippen molar-refractivity contribution in [2.45, 2.75) is 24.7 Å². The monoisotopic (exact) mass is 357 g/mol. The van der Waals surface area contributed by atoms with Gasteiger partial charge in [-0.2, -0.15) is 4.31 Å². The normalized spacial score (nSPS) is 19.4. The average Bonchev–Trinajstić information content (AvgIpc) is 3.07. The Balaban J connectivity index is 2.05. The molecule has 1 aliphatic rings. The average molecular weight is 357 g/mol. The zero-order chi connectivity index (χ0) is 17.7. The molecule has 1 amide bonds. The van der Waals surface area contributed by atoms with Crippen molar-refractivity contribution in [3.05, 3.63) is 30.2 Å². The fourth-order valence-electron chi connectivity index (χ4n) is 2.31. The van der Waals surface area contributed by atoms with Gasteiger partial charge in [-0.1, -0.05) is 6.92 Å². The highest BCUT2D eigenvalue weighted by Crippen LogP contribution is 2.24. The Kier molecular flexibility index (Phi) is 5.89. The van der Waals surface area contributed by atoms with Crippen molar-refractivity contribution in [1.82, 2.24) is 9.29 Å². The minimum atomic E-state index is -3.73. The van der Waals surface area contributed by atoms with E-state index >= 15 is 0 Å². The van der Waals surface area contributed by atoms with E-state index in [1.54, 1.807) is 6.92 Å². The van der Waals surface area contributed by atoms with Crippen molar-refractivity contribution in [1.29, 1.82) is 0 Å². The van der Waals surface area contributed by atoms with Crippen LogP contribution < -0.4 is 10.5 Å². The molecule has 0 bridgehead atoms. The van der Waals surface area contributed by atoms with Gasteiger partial charge in [-0.25, -0.2) is 17.8 Å². The van der Waals surface area contributed by atoms with Gasteiger partial charge < -0.3 is 10.5 Å². The number of pyridine rings is 1. The molecule has 1 aliphatic heterocycles. The van der Waals surface area contributed by atoms with Crippen LogP contribution in [0.3, 0.4) is 0 Å². The molecule has 1 aromatic rings. The Morgan fingerprint density at radius 3 is 2.79 bits per heavy atom. The first-order valence-electron chi connectivity index (χ1n) is 7.55. The number of sulfonamides is 1. The largest absolute Gasteiger partial charge is 0.473 e. The van der Waals surface area contributed by atoms with E-state index in [4.69, 9.17) is 10.5 Å². The number of carbonyl (C=O) groups is 1. The molecular weight excluding hydrogens is 337 g/mol. The highest BCUT2D eigenvalue weighted by atomic mass is 32.2. The molecule has 0 unspecified atom stereocenters. The van der Waals surface area contributed by atoms with Gasteiger partial charge in [0.2, 0.25) is 21.8 Å². The molecule has 7 nitrogen and oxygen atoms in total. The predicted molar refractivity (Wildman–Crippen MR) is 85.3 cm³/mol. The summed E-state index contributed by atoms with van der Waals surface area (Å²) in [7, 11) is -3.73. The van der Waals surface area contributed by atoms with E-state index in [9.17, 15) is 17.6 Å². The molecule has 1 aromatic heterocycles. The molecule has 0 spiro atoms. The number of aromatic nitrogens is 1. The number of carbonyl (C=O) groups excluding carboxylic acids is 1. The Morgan fingerprint density at radius 2 is 2.29 bits per heavy atom. The summed E-state index contributed by atoms with van der Waals surface area (Å²) in [6.45, 7) is 2.18. The van der Waals surface area contributed by atoms with Crippen molar-refractivity contribution >= 4 is 15.9 Å². The molecular formula is C15H20FN3O4S. The minimum Gasteiger partial charge on any atom is -0.473 e. The first kappa shape index (κ1) is 18.3. The quantitative estimate of drug-likeness (QED) is 0.790. The van der Waals surface area contributed by atoms with Crippen LogP contribution in [0, 0.1) is 5.92 Å². The van der Waals surface area contributed by atoms with Crippen molar-refractivity contribution in [2.24, 2.45) is 11.7 Å². The lowest BCUT2D eigenvalue weighted by atomic mass is 10.1. The maximum absolute atomic E-state index is 12.5. The molecule has 2 N–H and O–H groups in total. The maximum atomic E-state index is 12.5. The lowest BCUT2D eigenvalue weighted by molar-refractivity contribution is -0.121. The molecule has 1 saturated heterocycles. The van der Waals surface area contributed by atoms with Gasteiger partial charge in [0.05, 0.1) is 18.4 Å². The highest BCUT2D eigenvalue weighted by Gasteiger charge is 2.35. The lowest BCUT2D eigenvalue weighted by Gasteiger charge is -2.16. The van der Waals surface area contributed by atoms with Crippen LogP contribution in [0.15, 0.2) is 35.1 Å². The molecule has 1 fully saturated rings. The van der Waals surface area contributed by atoms with Gasteiger partial charge in [-0.05, 0) is 24.5 Å². The summed E-state index contributed by atoms with van der Waals surface area (Å²) < 4.78 is 44.0. The highest BCUT2D eigenvalue weighted by molar-refractivity contribution is 7.89. The minimum absolute atomic E-state index is 0.0109. The standard InChI is InChI=1S/C15H20FN3O4S/c1-2-11(7-16)10-23-14-4-3-13(8-18-14)24(21,22)19-6-5-12(9-19)15(17)20/h3-4,7-8,12H,2,5-6,9-10H2,1H3,(H2,17,20)/b11-7+/t12-/m0/s1. The molecule has 1 atom stereocenters. The van der Waals surface area contributed by atoms with E-state index < -0.39 is 21.8 Å². The van der Waals surface area contributed by atoms with Gasteiger partial charge in [0.15, 0.2) is 0 Å². The number of primary amides is 1. The third-order valence-electron chi connectivity index (χ3n) is 3.91. The van der Waals surface area contributed by atoms with Crippen molar-refractivity contribution in [3.8, 4) is 5.88 Å². The number of ether oxygens (including phenoxy) is 1. The van der Waals surface area contributed by atoms with Crippen LogP contribution in [0.25, 0.3) is 0 Å². The van der Waals surface area contributed by atoms with Crippen molar-refractivity contribution in [3.63, 3.8) is 0 Å². The second-order valence-corrected chi connectivity index (χ2v) is 7.43. The first-order valence-corrected chi connectivity index (χ1v) is 8.99. The number of hydrogen-bond donors (Lipinski definition) is 1. The van der Waals surface area contributed by atoms with E-state index in [1.807, 2.05) is 0 Å². The zero-order valence-electron chi connectivity index (χ0n) is 13.3. The van der Waals surface area contributed by atoms with Crippen LogP contribution in [0.1, 0.15) is 19.8 Å². The number of halogens is 1. The number of amides is 1. The summed E-state index contributed by atoms with van der Waals surface area (Å²) in [6, 6.07) is 2.79. The number of nitrogens with two attached hydrogens (primary N) is 1. The molecule has 0 aromatic carbocycles. The lowest BCUT2D eigenvalue weighted by Crippen LogP contribution is -2.31. The fourth-order valence-corrected chi connectivity index (χ4v) is 3.76. The van der Waals surface area contributed by atoms with E-state index in [0.29, 0.717) is 24.7 Å². The summed E-state index contributed by atoms with van der Waals surface area (Å²) in [5.41, 5.74) is 5.70. The zero-order valence-corrected chi connectivity index (χ0v) is 14.1. The summed E-state index contributed by atoms with van der Waals surface area (Å²) in [6.07, 6.45) is 2.60. The maximum Gasteiger partial charge on any atom is 0.244 e. The molecule has 0 radical (unpaired) electrons. The van der Waals surface area contributed by atoms with Gasteiger partial charge in [0, 0.05) is 19.2 Å². The number of rotatable bonds is 7. The second-order valence-electron chi connectivity index (χ2n) is 5.49. The van der Waals surface area contributed by atoms with Gasteiger partial charge >= 0.3 is 0 Å². The fraction of sp³-hybridized carbons (Fsp3) is 0.467. The second kappa shape index (κ2) is 7.71. The Hall–Kier alpha value is -2.00. The van der Waals surface area contributed by atoms with Crippen LogP contribution in [-0.2, 0) is 14.8 Å². The van der Waals surface area contributed by atoms with Crippen LogP contribution in [-0.4, -0.2) is 43.3 Å². The third-order valence-corrected chi connectivity index (χ3v) is 5.76. The summed E-state index contributed by atoms with van der Waals surface area (Å²) in [4.78, 5) is 15.1. The smallest absolute Gasteiger partial charge is 0.244 e. The molecule has 132 valence electrons. The molecule has 0 saturated carbocycles. The predicted octanol–water partition coefficient (Wildman–Crippen LogP) is 1.22. The van der Waals surface area contributed by atoms with E-state index in [-0.39, 0.29) is 30.5 Å². The molecule has 2 rings (SSSR count). The van der Waals surface area contributed by atoms with Crippen LogP contribution in [0.5, 0.6) is 5.88 Å². The molecule has 2 heterocycles. The van der Waals surface area contributed by atoms with Crippen molar-refractivity contribution in [2.75, 3.05) is 19.7 Å². The van der Waals surface area contributed by atoms with Crippen LogP contribution in [0.4, 0.5) is 4.39 Å². The van der Waals surface area contributed by atoms with Gasteiger partial charge in [-0.3, -0.25) is 4.79 Å².